The molecular formula is C11H15N5O. The van der Waals surface area contributed by atoms with Crippen LogP contribution in [0.3, 0.4) is 0 Å². The van der Waals surface area contributed by atoms with Crippen LogP contribution in [-0.4, -0.2) is 29.8 Å². The number of hydrogen-bond acceptors (Lipinski definition) is 5. The quantitative estimate of drug-likeness (QED) is 0.840. The summed E-state index contributed by atoms with van der Waals surface area (Å²) in [7, 11) is 0. The summed E-state index contributed by atoms with van der Waals surface area (Å²) in [5, 5.41) is 13.4. The van der Waals surface area contributed by atoms with Crippen molar-refractivity contribution in [2.24, 2.45) is 0 Å². The van der Waals surface area contributed by atoms with Crippen molar-refractivity contribution >= 4 is 0 Å². The van der Waals surface area contributed by atoms with Gasteiger partial charge >= 0.3 is 0 Å². The number of hydrogen-bond donors (Lipinski definition) is 1. The van der Waals surface area contributed by atoms with Gasteiger partial charge in [-0.05, 0) is 0 Å². The first-order valence-corrected chi connectivity index (χ1v) is 5.65. The first-order chi connectivity index (χ1) is 8.28. The largest absolute Gasteiger partial charge is 0.390 e. The van der Waals surface area contributed by atoms with Crippen LogP contribution < -0.4 is 0 Å². The topological polar surface area (TPSA) is 76.7 Å². The van der Waals surface area contributed by atoms with Crippen molar-refractivity contribution in [2.75, 3.05) is 0 Å². The standard InChI is InChI=1S/C11H15N5O/c1-3-9-14-10(4-2)16(15-9)11-6-12-5-8(7-17)13-11/h5-6,17H,3-4,7H2,1-2H3. The Morgan fingerprint density at radius 1 is 1.18 bits per heavy atom. The summed E-state index contributed by atoms with van der Waals surface area (Å²) in [6, 6.07) is 0. The maximum absolute atomic E-state index is 9.04. The minimum Gasteiger partial charge on any atom is -0.390 e. The van der Waals surface area contributed by atoms with E-state index in [2.05, 4.69) is 20.1 Å². The molecule has 2 rings (SSSR count). The molecule has 0 spiro atoms. The lowest BCUT2D eigenvalue weighted by Crippen LogP contribution is -2.06. The monoisotopic (exact) mass is 233 g/mol. The second kappa shape index (κ2) is 5.01. The van der Waals surface area contributed by atoms with E-state index in [4.69, 9.17) is 5.11 Å². The molecule has 2 aromatic heterocycles. The Hall–Kier alpha value is -1.82. The SMILES string of the molecule is CCc1nc(CC)n(-c2cncc(CO)n2)n1. The van der Waals surface area contributed by atoms with Gasteiger partial charge < -0.3 is 5.11 Å². The average molecular weight is 233 g/mol. The van der Waals surface area contributed by atoms with E-state index >= 15 is 0 Å². The molecular weight excluding hydrogens is 218 g/mol. The average Bonchev–Trinajstić information content (AvgIpc) is 2.82. The van der Waals surface area contributed by atoms with Gasteiger partial charge in [-0.25, -0.2) is 9.97 Å². The molecule has 0 amide bonds. The number of aromatic nitrogens is 5. The third kappa shape index (κ3) is 2.31. The molecule has 2 heterocycles. The molecule has 2 aromatic rings. The first-order valence-electron chi connectivity index (χ1n) is 5.65. The van der Waals surface area contributed by atoms with Gasteiger partial charge in [-0.15, -0.1) is 5.10 Å². The minimum atomic E-state index is -0.127. The Morgan fingerprint density at radius 3 is 2.65 bits per heavy atom. The van der Waals surface area contributed by atoms with E-state index in [1.807, 2.05) is 13.8 Å². The van der Waals surface area contributed by atoms with Crippen molar-refractivity contribution in [1.82, 2.24) is 24.7 Å². The smallest absolute Gasteiger partial charge is 0.174 e. The summed E-state index contributed by atoms with van der Waals surface area (Å²) >= 11 is 0. The Bertz CT molecular complexity index is 508. The van der Waals surface area contributed by atoms with Gasteiger partial charge in [0.05, 0.1) is 24.7 Å². The molecule has 0 atom stereocenters. The zero-order chi connectivity index (χ0) is 12.3. The lowest BCUT2D eigenvalue weighted by molar-refractivity contribution is 0.276. The van der Waals surface area contributed by atoms with Crippen LogP contribution in [0.1, 0.15) is 31.2 Å². The molecule has 0 unspecified atom stereocenters. The normalized spacial score (nSPS) is 10.8. The lowest BCUT2D eigenvalue weighted by Gasteiger charge is -2.03. The van der Waals surface area contributed by atoms with Crippen molar-refractivity contribution in [2.45, 2.75) is 33.3 Å². The van der Waals surface area contributed by atoms with E-state index < -0.39 is 0 Å². The summed E-state index contributed by atoms with van der Waals surface area (Å²) in [6.45, 7) is 3.90. The fourth-order valence-corrected chi connectivity index (χ4v) is 1.53. The highest BCUT2D eigenvalue weighted by Gasteiger charge is 2.10. The summed E-state index contributed by atoms with van der Waals surface area (Å²) in [5.74, 6) is 2.24. The van der Waals surface area contributed by atoms with Crippen LogP contribution in [0.25, 0.3) is 5.82 Å². The zero-order valence-corrected chi connectivity index (χ0v) is 9.96. The molecule has 1 N–H and O–H groups in total. The van der Waals surface area contributed by atoms with E-state index in [1.165, 1.54) is 6.20 Å². The maximum atomic E-state index is 9.04. The Labute approximate surface area is 99.4 Å². The second-order valence-corrected chi connectivity index (χ2v) is 3.59. The van der Waals surface area contributed by atoms with Gasteiger partial charge in [0.1, 0.15) is 5.82 Å². The molecule has 6 nitrogen and oxygen atoms in total. The van der Waals surface area contributed by atoms with Gasteiger partial charge in [0.15, 0.2) is 11.6 Å². The Balaban J connectivity index is 2.47. The van der Waals surface area contributed by atoms with Gasteiger partial charge in [-0.3, -0.25) is 4.98 Å². The molecule has 0 saturated heterocycles. The molecule has 0 saturated carbocycles. The number of nitrogens with zero attached hydrogens (tertiary/aromatic N) is 5. The predicted molar refractivity (Wildman–Crippen MR) is 61.6 cm³/mol. The van der Waals surface area contributed by atoms with Crippen LogP contribution in [0.15, 0.2) is 12.4 Å². The molecule has 0 radical (unpaired) electrons. The number of aryl methyl sites for hydroxylation is 2. The van der Waals surface area contributed by atoms with E-state index in [9.17, 15) is 0 Å². The van der Waals surface area contributed by atoms with Crippen LogP contribution in [0.5, 0.6) is 0 Å². The molecule has 0 fully saturated rings. The highest BCUT2D eigenvalue weighted by molar-refractivity contribution is 5.20. The molecule has 0 aliphatic carbocycles. The molecule has 17 heavy (non-hydrogen) atoms. The van der Waals surface area contributed by atoms with Gasteiger partial charge in [-0.2, -0.15) is 4.68 Å². The van der Waals surface area contributed by atoms with Crippen LogP contribution in [0.4, 0.5) is 0 Å². The van der Waals surface area contributed by atoms with Crippen molar-refractivity contribution in [3.05, 3.63) is 29.7 Å². The first kappa shape index (κ1) is 11.7. The number of aliphatic hydroxyl groups is 1. The highest BCUT2D eigenvalue weighted by atomic mass is 16.3. The van der Waals surface area contributed by atoms with Crippen molar-refractivity contribution in [1.29, 1.82) is 0 Å². The molecule has 0 aliphatic heterocycles. The van der Waals surface area contributed by atoms with Crippen molar-refractivity contribution in [3.8, 4) is 5.82 Å². The third-order valence-electron chi connectivity index (χ3n) is 2.40. The molecule has 0 aromatic carbocycles. The summed E-state index contributed by atoms with van der Waals surface area (Å²) in [6.07, 6.45) is 4.71. The summed E-state index contributed by atoms with van der Waals surface area (Å²) in [5.41, 5.74) is 0.526. The van der Waals surface area contributed by atoms with E-state index in [0.717, 1.165) is 24.5 Å². The lowest BCUT2D eigenvalue weighted by atomic mass is 10.4. The molecule has 0 bridgehead atoms. The van der Waals surface area contributed by atoms with Crippen LogP contribution in [0, 0.1) is 0 Å². The second-order valence-electron chi connectivity index (χ2n) is 3.59. The summed E-state index contributed by atoms with van der Waals surface area (Å²) < 4.78 is 1.69. The maximum Gasteiger partial charge on any atom is 0.174 e. The van der Waals surface area contributed by atoms with Gasteiger partial charge in [-0.1, -0.05) is 13.8 Å². The number of aliphatic hydroxyl groups excluding tert-OH is 1. The zero-order valence-electron chi connectivity index (χ0n) is 9.96. The van der Waals surface area contributed by atoms with E-state index in [1.54, 1.807) is 10.9 Å². The van der Waals surface area contributed by atoms with E-state index in [-0.39, 0.29) is 6.61 Å². The highest BCUT2D eigenvalue weighted by Crippen LogP contribution is 2.08. The molecule has 90 valence electrons. The van der Waals surface area contributed by atoms with Crippen molar-refractivity contribution < 1.29 is 5.11 Å². The van der Waals surface area contributed by atoms with Gasteiger partial charge in [0, 0.05) is 12.8 Å². The Kier molecular flexibility index (Phi) is 3.43. The predicted octanol–water partition coefficient (Wildman–Crippen LogP) is 0.674. The van der Waals surface area contributed by atoms with Crippen LogP contribution in [0.2, 0.25) is 0 Å². The van der Waals surface area contributed by atoms with Crippen LogP contribution >= 0.6 is 0 Å². The summed E-state index contributed by atoms with van der Waals surface area (Å²) in [4.78, 5) is 12.7. The number of rotatable bonds is 4. The fourth-order valence-electron chi connectivity index (χ4n) is 1.53. The van der Waals surface area contributed by atoms with Crippen molar-refractivity contribution in [3.63, 3.8) is 0 Å². The van der Waals surface area contributed by atoms with Crippen LogP contribution in [-0.2, 0) is 19.4 Å². The van der Waals surface area contributed by atoms with Gasteiger partial charge in [0.25, 0.3) is 0 Å². The minimum absolute atomic E-state index is 0.127. The fraction of sp³-hybridized carbons (Fsp3) is 0.455. The van der Waals surface area contributed by atoms with Gasteiger partial charge in [0.2, 0.25) is 0 Å². The third-order valence-corrected chi connectivity index (χ3v) is 2.40. The Morgan fingerprint density at radius 2 is 2.00 bits per heavy atom. The molecule has 0 aliphatic rings. The molecule has 6 heteroatoms. The van der Waals surface area contributed by atoms with E-state index in [0.29, 0.717) is 11.5 Å².